The summed E-state index contributed by atoms with van der Waals surface area (Å²) in [7, 11) is 7.45. The number of halogens is 1. The molecule has 4 heteroatoms. The van der Waals surface area contributed by atoms with Gasteiger partial charge in [-0.3, -0.25) is 0 Å². The summed E-state index contributed by atoms with van der Waals surface area (Å²) in [4.78, 5) is 0.862. The van der Waals surface area contributed by atoms with Gasteiger partial charge in [-0.2, -0.15) is 0 Å². The molecule has 4 aromatic rings. The van der Waals surface area contributed by atoms with Crippen molar-refractivity contribution in [2.24, 2.45) is 0 Å². The molecule has 1 heterocycles. The average Bonchev–Trinajstić information content (AvgIpc) is 3.06. The summed E-state index contributed by atoms with van der Waals surface area (Å²) < 4.78 is 6.24. The van der Waals surface area contributed by atoms with Crippen molar-refractivity contribution in [2.75, 3.05) is 0 Å². The predicted molar refractivity (Wildman–Crippen MR) is 157 cm³/mol. The van der Waals surface area contributed by atoms with Crippen LogP contribution in [-0.4, -0.2) is 9.13 Å². The molecule has 0 unspecified atom stereocenters. The minimum atomic E-state index is -1.61. The van der Waals surface area contributed by atoms with E-state index in [1.165, 1.54) is 65.5 Å². The normalized spacial score (nSPS) is 13.4. The van der Waals surface area contributed by atoms with E-state index in [9.17, 15) is 0 Å². The van der Waals surface area contributed by atoms with Crippen LogP contribution in [0.25, 0.3) is 11.8 Å². The van der Waals surface area contributed by atoms with Crippen molar-refractivity contribution in [1.29, 1.82) is 0 Å². The Morgan fingerprint density at radius 3 is 1.84 bits per heavy atom. The van der Waals surface area contributed by atoms with E-state index in [0.717, 1.165) is 11.4 Å². The van der Waals surface area contributed by atoms with Crippen molar-refractivity contribution >= 4 is 15.6 Å². The topological polar surface area (TPSA) is 9.86 Å². The molecule has 0 saturated heterocycles. The molecule has 0 amide bonds. The first kappa shape index (κ1) is 27.6. The standard InChI is InChI=1S/C24H30N2.C9H9.ClH.Pd/c1-15-9-17(3)23(18(4)10-15)13-25-14-26(22(8)21(25)7)24-19(5)11-16(2)12-20(24)6;1-2-6-9-7-4-3-5-8-9;;/h9-12H,13H2,1-8H3;2-8H,1H2;1H;/q;;;-1/p-1. The number of imidazole rings is 1. The van der Waals surface area contributed by atoms with Crippen LogP contribution in [0.2, 0.25) is 4.89 Å². The Balaban J connectivity index is 1.96. The van der Waals surface area contributed by atoms with E-state index >= 15 is 0 Å². The van der Waals surface area contributed by atoms with E-state index < -0.39 is 15.3 Å². The van der Waals surface area contributed by atoms with E-state index in [0.29, 0.717) is 0 Å². The number of aryl methyl sites for hydroxylation is 6. The van der Waals surface area contributed by atoms with E-state index in [4.69, 9.17) is 9.53 Å². The number of hydrogen-bond donors (Lipinski definition) is 0. The van der Waals surface area contributed by atoms with E-state index in [1.54, 1.807) is 0 Å². The SMILES string of the molecule is Cc1cc(C)c(Cn2c(C)c(C)n(-c3c(C)cc(C)cc3C)[c]2=[Pd-2]([Cl])[CH2]C=Cc2ccccc2)c(C)c1. The fourth-order valence-electron chi connectivity index (χ4n) is 5.34. The van der Waals surface area contributed by atoms with Gasteiger partial charge in [0.2, 0.25) is 0 Å². The zero-order valence-electron chi connectivity index (χ0n) is 23.4. The molecule has 0 aliphatic heterocycles. The van der Waals surface area contributed by atoms with Crippen molar-refractivity contribution < 1.29 is 15.3 Å². The van der Waals surface area contributed by atoms with Gasteiger partial charge in [0.15, 0.2) is 0 Å². The van der Waals surface area contributed by atoms with E-state index in [-0.39, 0.29) is 0 Å². The Morgan fingerprint density at radius 1 is 0.730 bits per heavy atom. The maximum atomic E-state index is 7.45. The van der Waals surface area contributed by atoms with Crippen LogP contribution in [0.4, 0.5) is 0 Å². The Morgan fingerprint density at radius 2 is 1.27 bits per heavy atom. The molecule has 4 rings (SSSR count). The Bertz CT molecular complexity index is 1510. The second-order valence-electron chi connectivity index (χ2n) is 10.2. The summed E-state index contributed by atoms with van der Waals surface area (Å²) in [6.45, 7) is 18.6. The van der Waals surface area contributed by atoms with Crippen molar-refractivity contribution in [3.63, 3.8) is 0 Å². The number of aromatic nitrogens is 2. The molecule has 3 aromatic carbocycles. The molecule has 0 N–H and O–H groups in total. The van der Waals surface area contributed by atoms with Gasteiger partial charge in [-0.05, 0) is 0 Å². The average molecular weight is 606 g/mol. The van der Waals surface area contributed by atoms with Gasteiger partial charge in [0.25, 0.3) is 0 Å². The van der Waals surface area contributed by atoms with Crippen molar-refractivity contribution in [2.45, 2.75) is 66.8 Å². The van der Waals surface area contributed by atoms with Crippen LogP contribution in [0.5, 0.6) is 0 Å². The van der Waals surface area contributed by atoms with Crippen LogP contribution in [0.3, 0.4) is 0 Å². The fourth-order valence-corrected chi connectivity index (χ4v) is 8.81. The van der Waals surface area contributed by atoms with Crippen LogP contribution in [-0.2, 0) is 21.8 Å². The van der Waals surface area contributed by atoms with Gasteiger partial charge < -0.3 is 0 Å². The molecule has 0 bridgehead atoms. The summed E-state index contributed by atoms with van der Waals surface area (Å²) in [5.74, 6) is 0. The van der Waals surface area contributed by atoms with Gasteiger partial charge in [0.1, 0.15) is 0 Å². The number of rotatable bonds is 6. The molecule has 0 saturated carbocycles. The summed E-state index contributed by atoms with van der Waals surface area (Å²) in [6.07, 6.45) is 4.46. The summed E-state index contributed by atoms with van der Waals surface area (Å²) >= 11 is -1.61. The van der Waals surface area contributed by atoms with Gasteiger partial charge in [-0.15, -0.1) is 0 Å². The Hall–Kier alpha value is -2.44. The third-order valence-electron chi connectivity index (χ3n) is 7.11. The zero-order chi connectivity index (χ0) is 26.9. The molecule has 0 fully saturated rings. The van der Waals surface area contributed by atoms with Gasteiger partial charge in [-0.25, -0.2) is 0 Å². The van der Waals surface area contributed by atoms with Gasteiger partial charge >= 0.3 is 233 Å². The van der Waals surface area contributed by atoms with Crippen LogP contribution < -0.4 is 0 Å². The van der Waals surface area contributed by atoms with E-state index in [1.807, 2.05) is 0 Å². The summed E-state index contributed by atoms with van der Waals surface area (Å²) in [5, 5.41) is 0. The van der Waals surface area contributed by atoms with Gasteiger partial charge in [-0.1, -0.05) is 0 Å². The molecule has 200 valence electrons. The van der Waals surface area contributed by atoms with Crippen LogP contribution in [0.1, 0.15) is 55.9 Å². The zero-order valence-corrected chi connectivity index (χ0v) is 25.7. The monoisotopic (exact) mass is 604 g/mol. The molecule has 0 radical (unpaired) electrons. The molecular formula is C33H39ClN2Pd-2. The first-order valence-electron chi connectivity index (χ1n) is 12.8. The Kier molecular flexibility index (Phi) is 8.60. The van der Waals surface area contributed by atoms with Crippen LogP contribution >= 0.6 is 9.53 Å². The number of benzene rings is 3. The molecule has 0 atom stereocenters. The van der Waals surface area contributed by atoms with Crippen molar-refractivity contribution in [1.82, 2.24) is 9.13 Å². The summed E-state index contributed by atoms with van der Waals surface area (Å²) in [6, 6.07) is 19.7. The molecule has 0 aliphatic carbocycles. The van der Waals surface area contributed by atoms with Crippen molar-refractivity contribution in [3.8, 4) is 5.69 Å². The van der Waals surface area contributed by atoms with Crippen LogP contribution in [0, 0.1) is 59.3 Å². The molecule has 37 heavy (non-hydrogen) atoms. The molecule has 0 spiro atoms. The minimum absolute atomic E-state index is 0.837. The fraction of sp³-hybridized carbons (Fsp3) is 0.303. The number of allylic oxidation sites excluding steroid dienone is 1. The molecule has 2 nitrogen and oxygen atoms in total. The third-order valence-corrected chi connectivity index (χ3v) is 10.8. The van der Waals surface area contributed by atoms with Crippen molar-refractivity contribution in [3.05, 3.63) is 120 Å². The molecular weight excluding hydrogens is 566 g/mol. The quantitative estimate of drug-likeness (QED) is 0.194. The Labute approximate surface area is 232 Å². The molecule has 1 aromatic heterocycles. The van der Waals surface area contributed by atoms with Crippen LogP contribution in [0.15, 0.2) is 60.7 Å². The number of nitrogens with zero attached hydrogens (tertiary/aromatic N) is 2. The first-order chi connectivity index (χ1) is 17.6. The van der Waals surface area contributed by atoms with E-state index in [2.05, 4.69) is 131 Å². The second kappa shape index (κ2) is 11.5. The first-order valence-corrected chi connectivity index (χ1v) is 16.7. The maximum absolute atomic E-state index is 7.45. The summed E-state index contributed by atoms with van der Waals surface area (Å²) in [5.41, 5.74) is 14.3. The van der Waals surface area contributed by atoms with Gasteiger partial charge in [0, 0.05) is 0 Å². The van der Waals surface area contributed by atoms with Gasteiger partial charge in [0.05, 0.1) is 0 Å². The molecule has 0 aliphatic rings. The predicted octanol–water partition coefficient (Wildman–Crippen LogP) is 9.23. The second-order valence-corrected chi connectivity index (χ2v) is 14.5. The number of hydrogen-bond acceptors (Lipinski definition) is 0. The third kappa shape index (κ3) is 5.86.